The molecule has 0 aliphatic heterocycles. The van der Waals surface area contributed by atoms with Gasteiger partial charge in [0, 0.05) is 22.1 Å². The van der Waals surface area contributed by atoms with E-state index >= 15 is 0 Å². The van der Waals surface area contributed by atoms with Crippen LogP contribution in [0.25, 0.3) is 6.08 Å². The lowest BCUT2D eigenvalue weighted by Crippen LogP contribution is -2.13. The van der Waals surface area contributed by atoms with E-state index in [2.05, 4.69) is 0 Å². The molecule has 0 unspecified atom stereocenters. The van der Waals surface area contributed by atoms with Crippen molar-refractivity contribution in [2.24, 2.45) is 0 Å². The number of ketones is 1. The van der Waals surface area contributed by atoms with Crippen molar-refractivity contribution in [1.82, 2.24) is 0 Å². The minimum atomic E-state index is -0.365. The number of fused-ring (bicyclic) bond motifs is 1. The van der Waals surface area contributed by atoms with Gasteiger partial charge >= 0.3 is 0 Å². The van der Waals surface area contributed by atoms with E-state index in [1.165, 1.54) is 11.8 Å². The lowest BCUT2D eigenvalue weighted by atomic mass is 9.86. The van der Waals surface area contributed by atoms with Gasteiger partial charge in [0.25, 0.3) is 5.69 Å². The Labute approximate surface area is 173 Å². The zero-order chi connectivity index (χ0) is 20.4. The highest BCUT2D eigenvalue weighted by molar-refractivity contribution is 7.99. The van der Waals surface area contributed by atoms with Gasteiger partial charge < -0.3 is 0 Å². The van der Waals surface area contributed by atoms with E-state index in [0.717, 1.165) is 28.0 Å². The van der Waals surface area contributed by atoms with Crippen LogP contribution in [-0.2, 0) is 6.42 Å². The Morgan fingerprint density at radius 3 is 2.52 bits per heavy atom. The quantitative estimate of drug-likeness (QED) is 0.294. The Hall–Kier alpha value is -3.18. The van der Waals surface area contributed by atoms with Gasteiger partial charge in [-0.1, -0.05) is 59.8 Å². The fourth-order valence-corrected chi connectivity index (χ4v) is 4.34. The molecule has 0 fully saturated rings. The molecule has 3 aromatic rings. The van der Waals surface area contributed by atoms with E-state index in [-0.39, 0.29) is 16.4 Å². The van der Waals surface area contributed by atoms with Crippen LogP contribution in [0.15, 0.2) is 82.1 Å². The zero-order valence-electron chi connectivity index (χ0n) is 15.9. The summed E-state index contributed by atoms with van der Waals surface area (Å²) >= 11 is 1.37. The molecule has 144 valence electrons. The Morgan fingerprint density at radius 2 is 1.76 bits per heavy atom. The molecule has 0 aromatic heterocycles. The molecule has 4 nitrogen and oxygen atoms in total. The zero-order valence-corrected chi connectivity index (χ0v) is 16.7. The van der Waals surface area contributed by atoms with Crippen molar-refractivity contribution in [2.75, 3.05) is 0 Å². The van der Waals surface area contributed by atoms with Crippen molar-refractivity contribution in [1.29, 1.82) is 0 Å². The monoisotopic (exact) mass is 401 g/mol. The summed E-state index contributed by atoms with van der Waals surface area (Å²) < 4.78 is 0. The lowest BCUT2D eigenvalue weighted by molar-refractivity contribution is -0.387. The first kappa shape index (κ1) is 19.2. The molecule has 29 heavy (non-hydrogen) atoms. The standard InChI is InChI=1S/C24H19NO3S/c1-16-6-11-20(12-7-16)29-23-13-8-17(15-22(23)25(27)28)14-19-10-9-18-4-2-3-5-21(18)24(19)26/h2-8,11-15H,9-10H2,1H3/b19-14-. The maximum absolute atomic E-state index is 12.8. The van der Waals surface area contributed by atoms with Gasteiger partial charge in [-0.3, -0.25) is 14.9 Å². The fraction of sp³-hybridized carbons (Fsp3) is 0.125. The van der Waals surface area contributed by atoms with Crippen LogP contribution in [0.3, 0.4) is 0 Å². The molecule has 0 amide bonds. The molecule has 0 atom stereocenters. The summed E-state index contributed by atoms with van der Waals surface area (Å²) in [5.41, 5.74) is 4.35. The minimum Gasteiger partial charge on any atom is -0.289 e. The molecular weight excluding hydrogens is 382 g/mol. The molecule has 4 rings (SSSR count). The molecule has 0 saturated carbocycles. The molecule has 1 aliphatic carbocycles. The van der Waals surface area contributed by atoms with Crippen LogP contribution >= 0.6 is 11.8 Å². The van der Waals surface area contributed by atoms with Gasteiger partial charge in [0.1, 0.15) is 0 Å². The second kappa shape index (κ2) is 8.05. The van der Waals surface area contributed by atoms with Gasteiger partial charge in [0.15, 0.2) is 5.78 Å². The summed E-state index contributed by atoms with van der Waals surface area (Å²) in [5.74, 6) is 0.00705. The van der Waals surface area contributed by atoms with Crippen LogP contribution in [0.1, 0.15) is 33.5 Å². The Balaban J connectivity index is 1.65. The SMILES string of the molecule is Cc1ccc(Sc2ccc(/C=C3/CCc4ccccc4C3=O)cc2[N+](=O)[O-])cc1. The topological polar surface area (TPSA) is 60.2 Å². The summed E-state index contributed by atoms with van der Waals surface area (Å²) in [6, 6.07) is 20.7. The maximum Gasteiger partial charge on any atom is 0.283 e. The van der Waals surface area contributed by atoms with E-state index in [9.17, 15) is 14.9 Å². The Bertz CT molecular complexity index is 1130. The van der Waals surface area contributed by atoms with E-state index in [1.807, 2.05) is 61.5 Å². The number of benzene rings is 3. The van der Waals surface area contributed by atoms with E-state index < -0.39 is 0 Å². The second-order valence-corrected chi connectivity index (χ2v) is 8.17. The summed E-state index contributed by atoms with van der Waals surface area (Å²) in [7, 11) is 0. The highest BCUT2D eigenvalue weighted by Crippen LogP contribution is 2.36. The van der Waals surface area contributed by atoms with Gasteiger partial charge in [-0.05, 0) is 55.2 Å². The molecular formula is C24H19NO3S. The van der Waals surface area contributed by atoms with Crippen molar-refractivity contribution >= 4 is 29.3 Å². The van der Waals surface area contributed by atoms with Gasteiger partial charge in [-0.15, -0.1) is 0 Å². The largest absolute Gasteiger partial charge is 0.289 e. The highest BCUT2D eigenvalue weighted by atomic mass is 32.2. The maximum atomic E-state index is 12.8. The average Bonchev–Trinajstić information content (AvgIpc) is 2.73. The number of allylic oxidation sites excluding steroid dienone is 1. The number of nitro benzene ring substituents is 1. The predicted molar refractivity (Wildman–Crippen MR) is 115 cm³/mol. The molecule has 0 N–H and O–H groups in total. The second-order valence-electron chi connectivity index (χ2n) is 7.06. The number of Topliss-reactive ketones (excluding diaryl/α,β-unsaturated/α-hetero) is 1. The molecule has 3 aromatic carbocycles. The number of hydrogen-bond donors (Lipinski definition) is 0. The van der Waals surface area contributed by atoms with Gasteiger partial charge in [0.2, 0.25) is 0 Å². The van der Waals surface area contributed by atoms with Crippen LogP contribution < -0.4 is 0 Å². The smallest absolute Gasteiger partial charge is 0.283 e. The molecule has 1 aliphatic rings. The molecule has 0 radical (unpaired) electrons. The Morgan fingerprint density at radius 1 is 1.00 bits per heavy atom. The first-order valence-electron chi connectivity index (χ1n) is 9.37. The minimum absolute atomic E-state index is 0.00705. The van der Waals surface area contributed by atoms with Gasteiger partial charge in [0.05, 0.1) is 9.82 Å². The van der Waals surface area contributed by atoms with Gasteiger partial charge in [-0.25, -0.2) is 0 Å². The highest BCUT2D eigenvalue weighted by Gasteiger charge is 2.22. The normalized spacial score (nSPS) is 14.7. The third-order valence-corrected chi connectivity index (χ3v) is 6.06. The van der Waals surface area contributed by atoms with E-state index in [0.29, 0.717) is 22.5 Å². The number of nitrogens with zero attached hydrogens (tertiary/aromatic N) is 1. The molecule has 0 spiro atoms. The van der Waals surface area contributed by atoms with Crippen molar-refractivity contribution in [3.8, 4) is 0 Å². The number of carbonyl (C=O) groups is 1. The van der Waals surface area contributed by atoms with Crippen LogP contribution in [0.4, 0.5) is 5.69 Å². The third-order valence-electron chi connectivity index (χ3n) is 4.99. The van der Waals surface area contributed by atoms with Crippen LogP contribution in [0.2, 0.25) is 0 Å². The van der Waals surface area contributed by atoms with Crippen molar-refractivity contribution in [3.63, 3.8) is 0 Å². The van der Waals surface area contributed by atoms with Crippen molar-refractivity contribution < 1.29 is 9.72 Å². The third kappa shape index (κ3) is 4.15. The lowest BCUT2D eigenvalue weighted by Gasteiger charge is -2.17. The molecule has 5 heteroatoms. The average molecular weight is 401 g/mol. The summed E-state index contributed by atoms with van der Waals surface area (Å²) in [6.07, 6.45) is 3.23. The number of aryl methyl sites for hydroxylation is 2. The van der Waals surface area contributed by atoms with Crippen LogP contribution in [0.5, 0.6) is 0 Å². The van der Waals surface area contributed by atoms with Crippen LogP contribution in [-0.4, -0.2) is 10.7 Å². The Kier molecular flexibility index (Phi) is 5.32. The first-order chi connectivity index (χ1) is 14.0. The predicted octanol–water partition coefficient (Wildman–Crippen LogP) is 6.27. The van der Waals surface area contributed by atoms with Crippen LogP contribution in [0, 0.1) is 17.0 Å². The van der Waals surface area contributed by atoms with E-state index in [4.69, 9.17) is 0 Å². The number of rotatable bonds is 4. The first-order valence-corrected chi connectivity index (χ1v) is 10.2. The molecule has 0 bridgehead atoms. The summed E-state index contributed by atoms with van der Waals surface area (Å²) in [6.45, 7) is 2.00. The summed E-state index contributed by atoms with van der Waals surface area (Å²) in [5, 5.41) is 11.6. The van der Waals surface area contributed by atoms with E-state index in [1.54, 1.807) is 18.2 Å². The molecule has 0 saturated heterocycles. The van der Waals surface area contributed by atoms with Gasteiger partial charge in [-0.2, -0.15) is 0 Å². The summed E-state index contributed by atoms with van der Waals surface area (Å²) in [4.78, 5) is 25.6. The fourth-order valence-electron chi connectivity index (χ4n) is 3.44. The van der Waals surface area contributed by atoms with Crippen molar-refractivity contribution in [3.05, 3.63) is 105 Å². The van der Waals surface area contributed by atoms with Crippen molar-refractivity contribution in [2.45, 2.75) is 29.6 Å². The molecule has 0 heterocycles. The number of carbonyl (C=O) groups excluding carboxylic acids is 1. The number of hydrogen-bond acceptors (Lipinski definition) is 4. The number of nitro groups is 1.